The summed E-state index contributed by atoms with van der Waals surface area (Å²) in [6, 6.07) is 20.8. The Morgan fingerprint density at radius 3 is 2.08 bits per heavy atom. The molecule has 17 heteroatoms. The number of hydrogen-bond donors (Lipinski definition) is 7. The highest BCUT2D eigenvalue weighted by Gasteiger charge is 2.33. The maximum absolute atomic E-state index is 14.5. The Labute approximate surface area is 438 Å². The predicted molar refractivity (Wildman–Crippen MR) is 284 cm³/mol. The van der Waals surface area contributed by atoms with Crippen LogP contribution < -0.4 is 37.1 Å². The van der Waals surface area contributed by atoms with Crippen molar-refractivity contribution in [1.82, 2.24) is 26.6 Å². The third kappa shape index (κ3) is 15.8. The lowest BCUT2D eigenvalue weighted by Crippen LogP contribution is -2.50. The smallest absolute Gasteiger partial charge is 0.290 e. The summed E-state index contributed by atoms with van der Waals surface area (Å²) in [5.74, 6) is -5.98. The van der Waals surface area contributed by atoms with E-state index in [1.54, 1.807) is 75.4 Å². The van der Waals surface area contributed by atoms with E-state index in [-0.39, 0.29) is 48.4 Å². The number of benzene rings is 4. The lowest BCUT2D eigenvalue weighted by atomic mass is 9.83. The SMILES string of the molecule is CCC(C)C(=O)C(C)NC(=O)C(CC(C)CC(=O)C(CCCCN)NC(=O)c1ccc(-c2ccc(Cl)cc2)cc1)c1ccc(O)c(-c2cc(CC(C)C(=O)NC(C)C(=O)C(=O)NC3CCNC3=O)ccc2OC)c1. The first kappa shape index (κ1) is 58.0. The van der Waals surface area contributed by atoms with Gasteiger partial charge in [-0.25, -0.2) is 0 Å². The Kier molecular flexibility index (Phi) is 21.5. The number of amides is 5. The number of carbonyl (C=O) groups excluding carboxylic acids is 8. The number of ether oxygens (including phenoxy) is 1. The standard InChI is InChI=1S/C57H71ClN6O10/c1-8-33(3)51(67)35(5)62-55(71)43(27-32(2)28-49(66)46(11-9-10-25-59)63-54(70)40-15-13-38(14-16-40)39-17-20-42(58)21-18-39)41-19-22-48(65)44(31-41)45-30-37(12-23-50(45)74-7)29-34(4)53(69)61-36(6)52(68)57(73)64-47-24-26-60-56(47)72/h12-23,30-36,43,46-47,65H,8-11,24-29,59H2,1-7H3,(H,60,72)(H,61,69)(H,62,71)(H,63,70)(H,64,73). The molecule has 4 aromatic rings. The van der Waals surface area contributed by atoms with E-state index in [4.69, 9.17) is 22.1 Å². The van der Waals surface area contributed by atoms with Gasteiger partial charge in [-0.05, 0) is 142 Å². The molecule has 5 rings (SSSR count). The number of carbonyl (C=O) groups is 8. The van der Waals surface area contributed by atoms with Crippen LogP contribution in [0, 0.1) is 17.8 Å². The molecule has 16 nitrogen and oxygen atoms in total. The van der Waals surface area contributed by atoms with Crippen LogP contribution >= 0.6 is 11.6 Å². The van der Waals surface area contributed by atoms with Crippen molar-refractivity contribution in [2.75, 3.05) is 20.2 Å². The van der Waals surface area contributed by atoms with Gasteiger partial charge in [0.25, 0.3) is 11.8 Å². The van der Waals surface area contributed by atoms with Crippen LogP contribution in [0.3, 0.4) is 0 Å². The van der Waals surface area contributed by atoms with Crippen LogP contribution in [-0.4, -0.2) is 96.4 Å². The Bertz CT molecular complexity index is 2660. The van der Waals surface area contributed by atoms with Crippen LogP contribution in [0.5, 0.6) is 11.5 Å². The van der Waals surface area contributed by atoms with Gasteiger partial charge in [0.1, 0.15) is 17.5 Å². The molecule has 0 aliphatic carbocycles. The van der Waals surface area contributed by atoms with Gasteiger partial charge in [0.15, 0.2) is 11.6 Å². The molecular formula is C57H71ClN6O10. The summed E-state index contributed by atoms with van der Waals surface area (Å²) in [5, 5.41) is 25.5. The second-order valence-electron chi connectivity index (χ2n) is 19.5. The minimum absolute atomic E-state index is 0.0140. The molecule has 0 bridgehead atoms. The van der Waals surface area contributed by atoms with Crippen molar-refractivity contribution >= 4 is 58.5 Å². The number of methoxy groups -OCH3 is 1. The molecule has 4 aromatic carbocycles. The lowest BCUT2D eigenvalue weighted by Gasteiger charge is -2.25. The molecule has 8 unspecified atom stereocenters. The quantitative estimate of drug-likeness (QED) is 0.0243. The van der Waals surface area contributed by atoms with Gasteiger partial charge < -0.3 is 42.2 Å². The number of rotatable bonds is 27. The van der Waals surface area contributed by atoms with Gasteiger partial charge in [0, 0.05) is 46.5 Å². The van der Waals surface area contributed by atoms with Crippen molar-refractivity contribution in [1.29, 1.82) is 0 Å². The average molecular weight is 1040 g/mol. The highest BCUT2D eigenvalue weighted by atomic mass is 35.5. The van der Waals surface area contributed by atoms with Gasteiger partial charge in [0.2, 0.25) is 23.5 Å². The molecule has 0 radical (unpaired) electrons. The van der Waals surface area contributed by atoms with Gasteiger partial charge in [-0.1, -0.05) is 75.7 Å². The zero-order valence-electron chi connectivity index (χ0n) is 43.3. The topological polar surface area (TPSA) is 252 Å². The van der Waals surface area contributed by atoms with Crippen molar-refractivity contribution < 1.29 is 48.2 Å². The Balaban J connectivity index is 1.36. The van der Waals surface area contributed by atoms with Crippen molar-refractivity contribution in [2.45, 2.75) is 123 Å². The number of aromatic hydroxyl groups is 1. The normalized spacial score (nSPS) is 16.0. The van der Waals surface area contributed by atoms with Gasteiger partial charge in [-0.2, -0.15) is 0 Å². The molecule has 1 aliphatic heterocycles. The lowest BCUT2D eigenvalue weighted by molar-refractivity contribution is -0.141. The van der Waals surface area contributed by atoms with Crippen LogP contribution in [0.1, 0.15) is 114 Å². The molecule has 0 spiro atoms. The third-order valence-corrected chi connectivity index (χ3v) is 13.9. The van der Waals surface area contributed by atoms with Crippen molar-refractivity contribution in [3.63, 3.8) is 0 Å². The monoisotopic (exact) mass is 1030 g/mol. The molecule has 74 heavy (non-hydrogen) atoms. The van der Waals surface area contributed by atoms with Crippen molar-refractivity contribution in [3.05, 3.63) is 107 Å². The van der Waals surface area contributed by atoms with Crippen LogP contribution in [0.25, 0.3) is 22.3 Å². The molecule has 396 valence electrons. The Morgan fingerprint density at radius 2 is 1.46 bits per heavy atom. The number of ketones is 3. The van der Waals surface area contributed by atoms with Crippen LogP contribution in [0.4, 0.5) is 0 Å². The van der Waals surface area contributed by atoms with Gasteiger partial charge >= 0.3 is 0 Å². The van der Waals surface area contributed by atoms with E-state index < -0.39 is 71.3 Å². The van der Waals surface area contributed by atoms with E-state index in [9.17, 15) is 43.5 Å². The average Bonchev–Trinajstić information content (AvgIpc) is 3.79. The fourth-order valence-electron chi connectivity index (χ4n) is 8.99. The summed E-state index contributed by atoms with van der Waals surface area (Å²) in [6.45, 7) is 11.1. The number of Topliss-reactive ketones (excluding diaryl/α,β-unsaturated/α-hetero) is 3. The first-order chi connectivity index (χ1) is 35.2. The van der Waals surface area contributed by atoms with Crippen molar-refractivity contribution in [3.8, 4) is 33.8 Å². The number of phenolic OH excluding ortho intramolecular Hbond substituents is 1. The molecule has 8 atom stereocenters. The molecular weight excluding hydrogens is 964 g/mol. The highest BCUT2D eigenvalue weighted by molar-refractivity contribution is 6.38. The molecule has 1 heterocycles. The molecule has 8 N–H and O–H groups in total. The van der Waals surface area contributed by atoms with Gasteiger partial charge in [-0.15, -0.1) is 0 Å². The largest absolute Gasteiger partial charge is 0.507 e. The zero-order valence-corrected chi connectivity index (χ0v) is 44.1. The summed E-state index contributed by atoms with van der Waals surface area (Å²) in [4.78, 5) is 106. The Hall–Kier alpha value is -6.91. The molecule has 0 aromatic heterocycles. The summed E-state index contributed by atoms with van der Waals surface area (Å²) < 4.78 is 5.74. The molecule has 1 saturated heterocycles. The number of halogens is 1. The second-order valence-corrected chi connectivity index (χ2v) is 20.0. The number of nitrogens with one attached hydrogen (secondary N) is 5. The number of hydrogen-bond acceptors (Lipinski definition) is 11. The fraction of sp³-hybridized carbons (Fsp3) is 0.439. The highest BCUT2D eigenvalue weighted by Crippen LogP contribution is 2.40. The summed E-state index contributed by atoms with van der Waals surface area (Å²) in [5.41, 5.74) is 9.94. The number of nitrogens with two attached hydrogens (primary N) is 1. The van der Waals surface area contributed by atoms with E-state index in [2.05, 4.69) is 26.6 Å². The predicted octanol–water partition coefficient (Wildman–Crippen LogP) is 6.76. The maximum Gasteiger partial charge on any atom is 0.290 e. The molecule has 5 amide bonds. The second kappa shape index (κ2) is 27.4. The van der Waals surface area contributed by atoms with Crippen LogP contribution in [-0.2, 0) is 40.0 Å². The van der Waals surface area contributed by atoms with Crippen LogP contribution in [0.2, 0.25) is 5.02 Å². The minimum Gasteiger partial charge on any atom is -0.507 e. The summed E-state index contributed by atoms with van der Waals surface area (Å²) in [7, 11) is 1.47. The van der Waals surface area contributed by atoms with E-state index in [0.717, 1.165) is 11.1 Å². The fourth-order valence-corrected chi connectivity index (χ4v) is 9.11. The van der Waals surface area contributed by atoms with Crippen LogP contribution in [0.15, 0.2) is 84.9 Å². The molecule has 1 aliphatic rings. The Morgan fingerprint density at radius 1 is 0.797 bits per heavy atom. The first-order valence-electron chi connectivity index (χ1n) is 25.4. The van der Waals surface area contributed by atoms with E-state index >= 15 is 0 Å². The van der Waals surface area contributed by atoms with Crippen molar-refractivity contribution in [2.24, 2.45) is 23.5 Å². The van der Waals surface area contributed by atoms with E-state index in [1.807, 2.05) is 38.1 Å². The third-order valence-electron chi connectivity index (χ3n) is 13.6. The van der Waals surface area contributed by atoms with Gasteiger partial charge in [-0.3, -0.25) is 38.4 Å². The van der Waals surface area contributed by atoms with E-state index in [1.165, 1.54) is 20.1 Å². The minimum atomic E-state index is -1.16. The van der Waals surface area contributed by atoms with Gasteiger partial charge in [0.05, 0.1) is 31.2 Å². The first-order valence-corrected chi connectivity index (χ1v) is 25.8. The number of phenols is 1. The zero-order chi connectivity index (χ0) is 54.2. The molecule has 0 saturated carbocycles. The maximum atomic E-state index is 14.5. The molecule has 1 fully saturated rings. The number of unbranched alkanes of at least 4 members (excludes halogenated alkanes) is 1. The summed E-state index contributed by atoms with van der Waals surface area (Å²) >= 11 is 6.07. The summed E-state index contributed by atoms with van der Waals surface area (Å²) in [6.07, 6.45) is 2.91. The van der Waals surface area contributed by atoms with E-state index in [0.29, 0.717) is 83.8 Å².